The van der Waals surface area contributed by atoms with Crippen LogP contribution in [0, 0.1) is 0 Å². The number of nitrogens with zero attached hydrogens (tertiary/aromatic N) is 4. The Labute approximate surface area is 240 Å². The number of thioether (sulfide) groups is 2. The van der Waals surface area contributed by atoms with Crippen LogP contribution >= 0.6 is 23.5 Å². The lowest BCUT2D eigenvalue weighted by molar-refractivity contribution is -0.151. The molecule has 3 atom stereocenters. The number of carboxylic acid groups (broad SMARTS) is 1. The quantitative estimate of drug-likeness (QED) is 0.142. The van der Waals surface area contributed by atoms with E-state index in [0.29, 0.717) is 38.7 Å². The van der Waals surface area contributed by atoms with Gasteiger partial charge in [0.05, 0.1) is 17.2 Å². The zero-order valence-corrected chi connectivity index (χ0v) is 22.7. The molecule has 2 aliphatic heterocycles. The van der Waals surface area contributed by atoms with Crippen LogP contribution in [0.1, 0.15) is 22.2 Å². The fourth-order valence-electron chi connectivity index (χ4n) is 4.66. The predicted octanol–water partition coefficient (Wildman–Crippen LogP) is 1.68. The number of benzene rings is 2. The van der Waals surface area contributed by atoms with Crippen LogP contribution in [0.2, 0.25) is 0 Å². The van der Waals surface area contributed by atoms with Crippen LogP contribution in [0.5, 0.6) is 0 Å². The Balaban J connectivity index is 1.19. The third-order valence-corrected chi connectivity index (χ3v) is 8.93. The van der Waals surface area contributed by atoms with Crippen molar-refractivity contribution >= 4 is 58.2 Å². The molecule has 1 saturated heterocycles. The molecule has 15 heteroatoms. The first kappa shape index (κ1) is 26.6. The molecule has 0 spiro atoms. The maximum atomic E-state index is 13.5. The third-order valence-electron chi connectivity index (χ3n) is 6.61. The highest BCUT2D eigenvalue weighted by molar-refractivity contribution is 8.01. The van der Waals surface area contributed by atoms with Crippen LogP contribution in [-0.4, -0.2) is 82.0 Å². The number of aromatic amines is 2. The van der Waals surface area contributed by atoms with Crippen LogP contribution in [0.3, 0.4) is 0 Å². The van der Waals surface area contributed by atoms with E-state index in [0.717, 1.165) is 0 Å². The Bertz CT molecular complexity index is 1640. The molecule has 4 heterocycles. The fourth-order valence-corrected chi connectivity index (χ4v) is 6.93. The van der Waals surface area contributed by atoms with Crippen molar-refractivity contribution in [1.29, 1.82) is 0 Å². The summed E-state index contributed by atoms with van der Waals surface area (Å²) in [6, 6.07) is 13.7. The Morgan fingerprint density at radius 2 is 1.93 bits per heavy atom. The van der Waals surface area contributed by atoms with Crippen LogP contribution < -0.4 is 10.6 Å². The zero-order valence-electron chi connectivity index (χ0n) is 21.1. The minimum atomic E-state index is -1.22. The lowest BCUT2D eigenvalue weighted by Gasteiger charge is -2.49. The topological polar surface area (TPSA) is 186 Å². The highest BCUT2D eigenvalue weighted by Crippen LogP contribution is 2.41. The van der Waals surface area contributed by atoms with Crippen LogP contribution in [0.4, 0.5) is 0 Å². The van der Waals surface area contributed by atoms with Gasteiger partial charge in [0.1, 0.15) is 28.2 Å². The summed E-state index contributed by atoms with van der Waals surface area (Å²) in [5.41, 5.74) is 2.28. The van der Waals surface area contributed by atoms with Gasteiger partial charge in [0, 0.05) is 11.5 Å². The Morgan fingerprint density at radius 3 is 2.66 bits per heavy atom. The molecule has 2 aliphatic rings. The first-order valence-electron chi connectivity index (χ1n) is 12.4. The molecule has 4 aromatic rings. The summed E-state index contributed by atoms with van der Waals surface area (Å²) in [4.78, 5) is 60.5. The molecule has 5 N–H and O–H groups in total. The van der Waals surface area contributed by atoms with Crippen molar-refractivity contribution in [2.45, 2.75) is 22.5 Å². The van der Waals surface area contributed by atoms with Crippen molar-refractivity contribution in [3.8, 4) is 0 Å². The number of rotatable bonds is 9. The third kappa shape index (κ3) is 5.16. The van der Waals surface area contributed by atoms with Gasteiger partial charge in [-0.25, -0.2) is 9.78 Å². The molecule has 1 fully saturated rings. The number of amides is 3. The van der Waals surface area contributed by atoms with Gasteiger partial charge in [0.15, 0.2) is 5.82 Å². The summed E-state index contributed by atoms with van der Waals surface area (Å²) >= 11 is 2.67. The number of aromatic nitrogens is 5. The number of carboxylic acids is 1. The second-order valence-electron chi connectivity index (χ2n) is 9.17. The number of fused-ring (bicyclic) bond motifs is 2. The first-order valence-corrected chi connectivity index (χ1v) is 14.4. The summed E-state index contributed by atoms with van der Waals surface area (Å²) in [7, 11) is 0. The molecule has 3 amide bonds. The molecule has 0 aliphatic carbocycles. The van der Waals surface area contributed by atoms with E-state index in [1.54, 1.807) is 48.5 Å². The van der Waals surface area contributed by atoms with E-state index < -0.39 is 41.1 Å². The van der Waals surface area contributed by atoms with Crippen molar-refractivity contribution in [1.82, 2.24) is 40.9 Å². The maximum Gasteiger partial charge on any atom is 0.352 e. The van der Waals surface area contributed by atoms with Crippen molar-refractivity contribution in [2.75, 3.05) is 11.5 Å². The minimum Gasteiger partial charge on any atom is -0.477 e. The zero-order chi connectivity index (χ0) is 28.5. The van der Waals surface area contributed by atoms with E-state index in [-0.39, 0.29) is 11.5 Å². The molecule has 6 rings (SSSR count). The highest BCUT2D eigenvalue weighted by atomic mass is 32.2. The van der Waals surface area contributed by atoms with E-state index in [9.17, 15) is 24.3 Å². The van der Waals surface area contributed by atoms with Gasteiger partial charge in [-0.2, -0.15) is 10.3 Å². The number of imidazole rings is 1. The summed E-state index contributed by atoms with van der Waals surface area (Å²) in [6.45, 7) is 0. The standard InChI is InChI=1S/C26H22N8O5S2/c35-22(18(13-6-2-1-3-7-13)30-23(36)21-28-15-8-4-5-9-16(15)29-21)31-19-24(37)34-20(26(38)39)14(12-41-25(19)34)11-40-17-10-27-33-32-17/h1-10,18-19,25H,11-12H2,(H,28,29)(H,30,36)(H,31,35)(H,38,39)(H,27,32,33)/t18?,19?,25-/m0/s1. The smallest absolute Gasteiger partial charge is 0.352 e. The Morgan fingerprint density at radius 1 is 1.15 bits per heavy atom. The van der Waals surface area contributed by atoms with Gasteiger partial charge in [-0.3, -0.25) is 19.3 Å². The second-order valence-corrected chi connectivity index (χ2v) is 11.3. The molecular weight excluding hydrogens is 568 g/mol. The number of hydrogen-bond acceptors (Lipinski definition) is 9. The average Bonchev–Trinajstić information content (AvgIpc) is 3.67. The number of hydrogen-bond donors (Lipinski definition) is 5. The number of β-lactam (4-membered cyclic amide) rings is 1. The van der Waals surface area contributed by atoms with E-state index in [1.807, 2.05) is 6.07 Å². The van der Waals surface area contributed by atoms with Crippen molar-refractivity contribution < 1.29 is 24.3 Å². The average molecular weight is 591 g/mol. The molecule has 0 saturated carbocycles. The summed E-state index contributed by atoms with van der Waals surface area (Å²) in [5.74, 6) is -2.23. The first-order chi connectivity index (χ1) is 19.9. The number of nitrogens with one attached hydrogen (secondary N) is 4. The number of carbonyl (C=O) groups excluding carboxylic acids is 3. The lowest BCUT2D eigenvalue weighted by atomic mass is 10.0. The van der Waals surface area contributed by atoms with E-state index >= 15 is 0 Å². The number of para-hydroxylation sites is 2. The molecule has 2 aromatic heterocycles. The second kappa shape index (κ2) is 11.1. The largest absolute Gasteiger partial charge is 0.477 e. The number of carbonyl (C=O) groups is 4. The van der Waals surface area contributed by atoms with Crippen molar-refractivity contribution in [2.24, 2.45) is 0 Å². The molecule has 41 heavy (non-hydrogen) atoms. The maximum absolute atomic E-state index is 13.5. The Hall–Kier alpha value is -4.63. The normalized spacial score (nSPS) is 18.9. The predicted molar refractivity (Wildman–Crippen MR) is 150 cm³/mol. The van der Waals surface area contributed by atoms with E-state index in [4.69, 9.17) is 0 Å². The van der Waals surface area contributed by atoms with Gasteiger partial charge in [-0.1, -0.05) is 54.2 Å². The van der Waals surface area contributed by atoms with Gasteiger partial charge >= 0.3 is 5.97 Å². The highest BCUT2D eigenvalue weighted by Gasteiger charge is 2.54. The SMILES string of the molecule is O=C(O)C1=C(CSc2cn[nH]n2)CS[C@H]2C(NC(=O)C(NC(=O)c3nc4ccccc4[nH]3)c3ccccc3)C(=O)N12. The van der Waals surface area contributed by atoms with Crippen molar-refractivity contribution in [3.05, 3.63) is 83.5 Å². The molecular formula is C26H22N8O5S2. The van der Waals surface area contributed by atoms with Crippen LogP contribution in [-0.2, 0) is 14.4 Å². The van der Waals surface area contributed by atoms with E-state index in [2.05, 4.69) is 36.0 Å². The molecule has 0 radical (unpaired) electrons. The molecule has 208 valence electrons. The van der Waals surface area contributed by atoms with Crippen molar-refractivity contribution in [3.63, 3.8) is 0 Å². The van der Waals surface area contributed by atoms with Gasteiger partial charge in [0.25, 0.3) is 11.8 Å². The fraction of sp³-hybridized carbons (Fsp3) is 0.192. The molecule has 0 bridgehead atoms. The number of H-pyrrole nitrogens is 2. The summed E-state index contributed by atoms with van der Waals surface area (Å²) in [6.07, 6.45) is 1.53. The van der Waals surface area contributed by atoms with Gasteiger partial charge in [0.2, 0.25) is 5.91 Å². The van der Waals surface area contributed by atoms with E-state index in [1.165, 1.54) is 34.6 Å². The summed E-state index contributed by atoms with van der Waals surface area (Å²) < 4.78 is 0. The minimum absolute atomic E-state index is 0.0425. The Kier molecular flexibility index (Phi) is 7.19. The molecule has 2 aromatic carbocycles. The van der Waals surface area contributed by atoms with Crippen LogP contribution in [0.25, 0.3) is 11.0 Å². The van der Waals surface area contributed by atoms with Gasteiger partial charge < -0.3 is 20.7 Å². The van der Waals surface area contributed by atoms with Gasteiger partial charge in [-0.15, -0.1) is 16.9 Å². The van der Waals surface area contributed by atoms with Crippen LogP contribution in [0.15, 0.2) is 77.1 Å². The number of aliphatic carboxylic acids is 1. The lowest BCUT2D eigenvalue weighted by Crippen LogP contribution is -2.71. The molecule has 2 unspecified atom stereocenters. The monoisotopic (exact) mass is 590 g/mol. The summed E-state index contributed by atoms with van der Waals surface area (Å²) in [5, 5.41) is 25.6. The van der Waals surface area contributed by atoms with Gasteiger partial charge in [-0.05, 0) is 23.3 Å². The molecule has 13 nitrogen and oxygen atoms in total.